The second kappa shape index (κ2) is 5.98. The van der Waals surface area contributed by atoms with Crippen molar-refractivity contribution in [1.29, 1.82) is 0 Å². The van der Waals surface area contributed by atoms with Crippen LogP contribution in [0.4, 0.5) is 0 Å². The standard InChI is InChI=1S/C12H14ClN3S/c13-10-7-5-9(6-8-10)3-1-2-4-11-14-12(17)16-15-11/h5-8H,1-4H2,(H2,14,15,16,17). The molecule has 0 aliphatic carbocycles. The van der Waals surface area contributed by atoms with E-state index in [2.05, 4.69) is 27.3 Å². The highest BCUT2D eigenvalue weighted by molar-refractivity contribution is 7.71. The molecule has 0 spiro atoms. The summed E-state index contributed by atoms with van der Waals surface area (Å²) in [5.41, 5.74) is 1.32. The molecule has 5 heteroatoms. The number of benzene rings is 1. The fourth-order valence-corrected chi connectivity index (χ4v) is 1.98. The van der Waals surface area contributed by atoms with Crippen molar-refractivity contribution in [3.8, 4) is 0 Å². The normalized spacial score (nSPS) is 10.6. The van der Waals surface area contributed by atoms with Crippen molar-refractivity contribution in [3.63, 3.8) is 0 Å². The van der Waals surface area contributed by atoms with Gasteiger partial charge in [0, 0.05) is 11.4 Å². The topological polar surface area (TPSA) is 44.5 Å². The SMILES string of the molecule is S=c1nc(CCCCc2ccc(Cl)cc2)[nH][nH]1. The Bertz CT molecular complexity index is 515. The van der Waals surface area contributed by atoms with Crippen molar-refractivity contribution in [2.24, 2.45) is 0 Å². The summed E-state index contributed by atoms with van der Waals surface area (Å²) >= 11 is 10.7. The molecule has 0 unspecified atom stereocenters. The summed E-state index contributed by atoms with van der Waals surface area (Å²) in [6.45, 7) is 0. The van der Waals surface area contributed by atoms with Gasteiger partial charge in [0.15, 0.2) is 0 Å². The highest BCUT2D eigenvalue weighted by Gasteiger charge is 1.98. The molecule has 1 aromatic carbocycles. The fraction of sp³-hybridized carbons (Fsp3) is 0.333. The lowest BCUT2D eigenvalue weighted by molar-refractivity contribution is 0.709. The number of unbranched alkanes of at least 4 members (excludes halogenated alkanes) is 1. The molecule has 1 aromatic heterocycles. The molecule has 0 aliphatic heterocycles. The van der Waals surface area contributed by atoms with Crippen LogP contribution < -0.4 is 0 Å². The third-order valence-corrected chi connectivity index (χ3v) is 3.04. The predicted molar refractivity (Wildman–Crippen MR) is 71.9 cm³/mol. The van der Waals surface area contributed by atoms with E-state index in [9.17, 15) is 0 Å². The lowest BCUT2D eigenvalue weighted by atomic mass is 10.1. The summed E-state index contributed by atoms with van der Waals surface area (Å²) in [7, 11) is 0. The quantitative estimate of drug-likeness (QED) is 0.641. The number of rotatable bonds is 5. The van der Waals surface area contributed by atoms with Crippen LogP contribution in [-0.4, -0.2) is 15.2 Å². The van der Waals surface area contributed by atoms with Crippen molar-refractivity contribution in [3.05, 3.63) is 45.4 Å². The van der Waals surface area contributed by atoms with Crippen molar-refractivity contribution < 1.29 is 0 Å². The number of hydrogen-bond acceptors (Lipinski definition) is 2. The number of halogens is 1. The number of aromatic nitrogens is 3. The highest BCUT2D eigenvalue weighted by atomic mass is 35.5. The zero-order valence-corrected chi connectivity index (χ0v) is 10.9. The third-order valence-electron chi connectivity index (χ3n) is 2.59. The molecule has 17 heavy (non-hydrogen) atoms. The first kappa shape index (κ1) is 12.3. The Morgan fingerprint density at radius 2 is 1.76 bits per heavy atom. The Morgan fingerprint density at radius 3 is 2.41 bits per heavy atom. The van der Waals surface area contributed by atoms with Gasteiger partial charge in [-0.05, 0) is 49.2 Å². The van der Waals surface area contributed by atoms with Crippen LogP contribution in [0, 0.1) is 4.77 Å². The summed E-state index contributed by atoms with van der Waals surface area (Å²) in [6.07, 6.45) is 4.23. The van der Waals surface area contributed by atoms with Crippen LogP contribution >= 0.6 is 23.8 Å². The molecule has 0 saturated carbocycles. The lowest BCUT2D eigenvalue weighted by Crippen LogP contribution is -1.91. The molecule has 0 aliphatic rings. The summed E-state index contributed by atoms with van der Waals surface area (Å²) in [5, 5.41) is 6.54. The molecule has 1 heterocycles. The van der Waals surface area contributed by atoms with E-state index in [1.54, 1.807) is 0 Å². The molecule has 0 amide bonds. The monoisotopic (exact) mass is 267 g/mol. The minimum absolute atomic E-state index is 0.526. The van der Waals surface area contributed by atoms with Gasteiger partial charge in [-0.2, -0.15) is 0 Å². The molecule has 3 nitrogen and oxygen atoms in total. The van der Waals surface area contributed by atoms with Gasteiger partial charge in [0.1, 0.15) is 5.82 Å². The molecular formula is C12H14ClN3S. The Balaban J connectivity index is 1.73. The number of H-pyrrole nitrogens is 2. The van der Waals surface area contributed by atoms with Gasteiger partial charge in [0.05, 0.1) is 0 Å². The Labute approximate surface area is 110 Å². The van der Waals surface area contributed by atoms with E-state index in [1.807, 2.05) is 12.1 Å². The molecule has 2 rings (SSSR count). The van der Waals surface area contributed by atoms with Crippen molar-refractivity contribution in [1.82, 2.24) is 15.2 Å². The van der Waals surface area contributed by atoms with Gasteiger partial charge < -0.3 is 0 Å². The maximum absolute atomic E-state index is 5.83. The first-order chi connectivity index (χ1) is 8.24. The molecule has 2 aromatic rings. The van der Waals surface area contributed by atoms with Crippen molar-refractivity contribution in [2.75, 3.05) is 0 Å². The average Bonchev–Trinajstić information content (AvgIpc) is 2.73. The van der Waals surface area contributed by atoms with E-state index in [-0.39, 0.29) is 0 Å². The van der Waals surface area contributed by atoms with Gasteiger partial charge in [-0.25, -0.2) is 4.98 Å². The third kappa shape index (κ3) is 3.98. The smallest absolute Gasteiger partial charge is 0.213 e. The van der Waals surface area contributed by atoms with E-state index in [0.29, 0.717) is 4.77 Å². The molecular weight excluding hydrogens is 254 g/mol. The average molecular weight is 268 g/mol. The Hall–Kier alpha value is -1.13. The van der Waals surface area contributed by atoms with E-state index in [0.717, 1.165) is 36.5 Å². The minimum atomic E-state index is 0.526. The van der Waals surface area contributed by atoms with Crippen LogP contribution in [0.15, 0.2) is 24.3 Å². The minimum Gasteiger partial charge on any atom is -0.286 e. The predicted octanol–water partition coefficient (Wildman–Crippen LogP) is 3.69. The van der Waals surface area contributed by atoms with Gasteiger partial charge >= 0.3 is 0 Å². The van der Waals surface area contributed by atoms with Crippen LogP contribution in [0.25, 0.3) is 0 Å². The van der Waals surface area contributed by atoms with Gasteiger partial charge in [0.25, 0.3) is 0 Å². The number of hydrogen-bond donors (Lipinski definition) is 2. The van der Waals surface area contributed by atoms with Gasteiger partial charge in [-0.15, -0.1) is 0 Å². The van der Waals surface area contributed by atoms with Crippen molar-refractivity contribution >= 4 is 23.8 Å². The number of nitrogens with one attached hydrogen (secondary N) is 2. The van der Waals surface area contributed by atoms with Gasteiger partial charge in [-0.3, -0.25) is 10.2 Å². The summed E-state index contributed by atoms with van der Waals surface area (Å²) in [4.78, 5) is 4.15. The molecule has 90 valence electrons. The van der Waals surface area contributed by atoms with E-state index in [4.69, 9.17) is 23.8 Å². The molecule has 2 N–H and O–H groups in total. The second-order valence-electron chi connectivity index (χ2n) is 3.95. The van der Waals surface area contributed by atoms with Crippen LogP contribution in [-0.2, 0) is 12.8 Å². The summed E-state index contributed by atoms with van der Waals surface area (Å²) < 4.78 is 0.526. The highest BCUT2D eigenvalue weighted by Crippen LogP contribution is 2.12. The zero-order valence-electron chi connectivity index (χ0n) is 9.37. The summed E-state index contributed by atoms with van der Waals surface area (Å²) in [5.74, 6) is 0.936. The van der Waals surface area contributed by atoms with Crippen LogP contribution in [0.3, 0.4) is 0 Å². The largest absolute Gasteiger partial charge is 0.286 e. The molecule has 0 atom stereocenters. The fourth-order valence-electron chi connectivity index (χ4n) is 1.70. The maximum Gasteiger partial charge on any atom is 0.213 e. The van der Waals surface area contributed by atoms with Crippen LogP contribution in [0.5, 0.6) is 0 Å². The Kier molecular flexibility index (Phi) is 4.34. The molecule has 0 radical (unpaired) electrons. The van der Waals surface area contributed by atoms with Gasteiger partial charge in [-0.1, -0.05) is 23.7 Å². The molecule has 0 bridgehead atoms. The lowest BCUT2D eigenvalue weighted by Gasteiger charge is -2.00. The van der Waals surface area contributed by atoms with Crippen LogP contribution in [0.2, 0.25) is 5.02 Å². The molecule has 0 fully saturated rings. The Morgan fingerprint density at radius 1 is 1.06 bits per heavy atom. The van der Waals surface area contributed by atoms with E-state index >= 15 is 0 Å². The number of aryl methyl sites for hydroxylation is 2. The van der Waals surface area contributed by atoms with E-state index in [1.165, 1.54) is 5.56 Å². The second-order valence-corrected chi connectivity index (χ2v) is 4.77. The van der Waals surface area contributed by atoms with Crippen molar-refractivity contribution in [2.45, 2.75) is 25.7 Å². The zero-order chi connectivity index (χ0) is 12.1. The number of nitrogens with zero attached hydrogens (tertiary/aromatic N) is 1. The first-order valence-corrected chi connectivity index (χ1v) is 6.41. The van der Waals surface area contributed by atoms with E-state index < -0.39 is 0 Å². The molecule has 0 saturated heterocycles. The van der Waals surface area contributed by atoms with Crippen LogP contribution in [0.1, 0.15) is 24.2 Å². The maximum atomic E-state index is 5.83. The number of aromatic amines is 2. The first-order valence-electron chi connectivity index (χ1n) is 5.62. The summed E-state index contributed by atoms with van der Waals surface area (Å²) in [6, 6.07) is 8.01. The van der Waals surface area contributed by atoms with Gasteiger partial charge in [0.2, 0.25) is 4.77 Å².